The minimum Gasteiger partial charge on any atom is -0.324 e. The van der Waals surface area contributed by atoms with Gasteiger partial charge in [-0.25, -0.2) is 13.2 Å². The summed E-state index contributed by atoms with van der Waals surface area (Å²) in [6.45, 7) is 1.58. The van der Waals surface area contributed by atoms with E-state index in [1.165, 1.54) is 0 Å². The van der Waals surface area contributed by atoms with E-state index >= 15 is 0 Å². The first-order chi connectivity index (χ1) is 11.4. The van der Waals surface area contributed by atoms with Gasteiger partial charge < -0.3 is 15.1 Å². The van der Waals surface area contributed by atoms with Crippen molar-refractivity contribution in [3.63, 3.8) is 0 Å². The molecule has 2 amide bonds. The van der Waals surface area contributed by atoms with E-state index in [2.05, 4.69) is 10.2 Å². The molecule has 2 aliphatic heterocycles. The number of nitrogens with one attached hydrogen (secondary N) is 1. The summed E-state index contributed by atoms with van der Waals surface area (Å²) < 4.78 is 24.7. The van der Waals surface area contributed by atoms with Crippen LogP contribution in [0, 0.1) is 0 Å². The van der Waals surface area contributed by atoms with Crippen LogP contribution in [0.4, 0.5) is 10.5 Å². The predicted molar refractivity (Wildman–Crippen MR) is 95.3 cm³/mol. The lowest BCUT2D eigenvalue weighted by atomic mass is 10.1. The Balaban J connectivity index is 1.68. The van der Waals surface area contributed by atoms with Crippen molar-refractivity contribution in [1.29, 1.82) is 0 Å². The van der Waals surface area contributed by atoms with Gasteiger partial charge in [0.2, 0.25) is 0 Å². The quantitative estimate of drug-likeness (QED) is 0.820. The average molecular weight is 372 g/mol. The zero-order valence-electron chi connectivity index (χ0n) is 13.6. The molecular formula is C16H22ClN3O3S. The maximum atomic E-state index is 12.5. The molecule has 0 unspecified atom stereocenters. The summed E-state index contributed by atoms with van der Waals surface area (Å²) in [6.07, 6.45) is 1.17. The summed E-state index contributed by atoms with van der Waals surface area (Å²) >= 11 is 5.84. The molecule has 0 spiro atoms. The molecule has 2 fully saturated rings. The fourth-order valence-electron chi connectivity index (χ4n) is 3.51. The largest absolute Gasteiger partial charge is 0.324 e. The molecule has 0 bridgehead atoms. The van der Waals surface area contributed by atoms with E-state index in [0.717, 1.165) is 0 Å². The Morgan fingerprint density at radius 3 is 2.54 bits per heavy atom. The highest BCUT2D eigenvalue weighted by Crippen LogP contribution is 2.27. The van der Waals surface area contributed by atoms with Crippen LogP contribution in [-0.2, 0) is 9.84 Å². The number of nitrogens with zero attached hydrogens (tertiary/aromatic N) is 2. The van der Waals surface area contributed by atoms with Crippen LogP contribution in [0.3, 0.4) is 0 Å². The Morgan fingerprint density at radius 1 is 1.17 bits per heavy atom. The third-order valence-electron chi connectivity index (χ3n) is 4.95. The van der Waals surface area contributed by atoms with Crippen LogP contribution in [0.1, 0.15) is 12.8 Å². The number of rotatable bonds is 1. The Bertz CT molecular complexity index is 708. The number of halogens is 1. The molecule has 24 heavy (non-hydrogen) atoms. The maximum absolute atomic E-state index is 12.5. The molecule has 6 nitrogen and oxygen atoms in total. The van der Waals surface area contributed by atoms with Crippen LogP contribution in [0.15, 0.2) is 24.3 Å². The molecule has 1 aromatic rings. The fraction of sp³-hybridized carbons (Fsp3) is 0.562. The van der Waals surface area contributed by atoms with Gasteiger partial charge in [-0.15, -0.1) is 0 Å². The highest BCUT2D eigenvalue weighted by Gasteiger charge is 2.41. The molecule has 0 aromatic heterocycles. The van der Waals surface area contributed by atoms with Gasteiger partial charge in [-0.05, 0) is 44.2 Å². The number of hydrogen-bond acceptors (Lipinski definition) is 4. The highest BCUT2D eigenvalue weighted by atomic mass is 35.5. The van der Waals surface area contributed by atoms with Crippen molar-refractivity contribution in [2.75, 3.05) is 37.8 Å². The van der Waals surface area contributed by atoms with Gasteiger partial charge in [-0.3, -0.25) is 0 Å². The Hall–Kier alpha value is -1.31. The zero-order chi connectivity index (χ0) is 17.3. The number of carbonyl (C=O) groups is 1. The second-order valence-corrected chi connectivity index (χ2v) is 9.23. The first-order valence-electron chi connectivity index (χ1n) is 8.10. The fourth-order valence-corrected chi connectivity index (χ4v) is 5.77. The second kappa shape index (κ2) is 6.90. The third kappa shape index (κ3) is 3.68. The SMILES string of the molecule is CN1CCS(=O)(=O)[C@@H]2CCN(C(=O)Nc3ccc(Cl)cc3)CC[C@@H]21. The van der Waals surface area contributed by atoms with Crippen molar-refractivity contribution in [3.8, 4) is 0 Å². The lowest BCUT2D eigenvalue weighted by molar-refractivity contribution is 0.205. The van der Waals surface area contributed by atoms with E-state index in [1.807, 2.05) is 7.05 Å². The molecule has 2 saturated heterocycles. The van der Waals surface area contributed by atoms with Gasteiger partial charge in [0.15, 0.2) is 9.84 Å². The Morgan fingerprint density at radius 2 is 1.83 bits per heavy atom. The number of hydrogen-bond donors (Lipinski definition) is 1. The minimum absolute atomic E-state index is 0.00270. The molecule has 2 atom stereocenters. The molecule has 2 heterocycles. The molecule has 0 saturated carbocycles. The highest BCUT2D eigenvalue weighted by molar-refractivity contribution is 7.92. The molecule has 1 aromatic carbocycles. The summed E-state index contributed by atoms with van der Waals surface area (Å²) in [4.78, 5) is 16.3. The third-order valence-corrected chi connectivity index (χ3v) is 7.42. The molecule has 8 heteroatoms. The first kappa shape index (κ1) is 17.5. The number of benzene rings is 1. The lowest BCUT2D eigenvalue weighted by Gasteiger charge is -2.37. The lowest BCUT2D eigenvalue weighted by Crippen LogP contribution is -2.52. The van der Waals surface area contributed by atoms with Crippen LogP contribution in [-0.4, -0.2) is 68.0 Å². The van der Waals surface area contributed by atoms with Crippen molar-refractivity contribution in [2.45, 2.75) is 24.1 Å². The van der Waals surface area contributed by atoms with Gasteiger partial charge >= 0.3 is 6.03 Å². The minimum atomic E-state index is -3.07. The van der Waals surface area contributed by atoms with Gasteiger partial charge in [0.1, 0.15) is 0 Å². The molecule has 132 valence electrons. The molecule has 2 aliphatic rings. The molecule has 3 rings (SSSR count). The summed E-state index contributed by atoms with van der Waals surface area (Å²) in [7, 11) is -1.10. The van der Waals surface area contributed by atoms with Gasteiger partial charge in [-0.1, -0.05) is 11.6 Å². The van der Waals surface area contributed by atoms with Crippen molar-refractivity contribution < 1.29 is 13.2 Å². The number of anilines is 1. The van der Waals surface area contributed by atoms with Crippen molar-refractivity contribution in [2.24, 2.45) is 0 Å². The number of amides is 2. The van der Waals surface area contributed by atoms with Crippen molar-refractivity contribution >= 4 is 33.2 Å². The number of likely N-dealkylation sites (tertiary alicyclic amines) is 1. The topological polar surface area (TPSA) is 69.7 Å². The van der Waals surface area contributed by atoms with Crippen LogP contribution < -0.4 is 5.32 Å². The second-order valence-electron chi connectivity index (χ2n) is 6.45. The van der Waals surface area contributed by atoms with Gasteiger partial charge in [0, 0.05) is 36.4 Å². The number of carbonyl (C=O) groups excluding carboxylic acids is 1. The zero-order valence-corrected chi connectivity index (χ0v) is 15.2. The Kier molecular flexibility index (Phi) is 5.03. The predicted octanol–water partition coefficient (Wildman–Crippen LogP) is 2.07. The monoisotopic (exact) mass is 371 g/mol. The maximum Gasteiger partial charge on any atom is 0.321 e. The van der Waals surface area contributed by atoms with E-state index < -0.39 is 9.84 Å². The van der Waals surface area contributed by atoms with Crippen LogP contribution in [0.2, 0.25) is 5.02 Å². The van der Waals surface area contributed by atoms with Crippen molar-refractivity contribution in [1.82, 2.24) is 9.80 Å². The van der Waals surface area contributed by atoms with E-state index in [1.54, 1.807) is 29.2 Å². The number of sulfone groups is 1. The van der Waals surface area contributed by atoms with E-state index in [4.69, 9.17) is 11.6 Å². The van der Waals surface area contributed by atoms with Gasteiger partial charge in [0.05, 0.1) is 11.0 Å². The molecule has 0 radical (unpaired) electrons. The smallest absolute Gasteiger partial charge is 0.321 e. The standard InChI is InChI=1S/C16H22ClN3O3S/c1-19-10-11-24(22,23)15-7-9-20(8-6-14(15)19)16(21)18-13-4-2-12(17)3-5-13/h2-5,14-15H,6-11H2,1H3,(H,18,21)/t14-,15+/m0/s1. The number of urea groups is 1. The summed E-state index contributed by atoms with van der Waals surface area (Å²) in [5, 5.41) is 3.09. The van der Waals surface area contributed by atoms with Crippen LogP contribution in [0.25, 0.3) is 0 Å². The summed E-state index contributed by atoms with van der Waals surface area (Å²) in [5.41, 5.74) is 0.677. The number of fused-ring (bicyclic) bond motifs is 1. The van der Waals surface area contributed by atoms with Crippen LogP contribution >= 0.6 is 11.6 Å². The summed E-state index contributed by atoms with van der Waals surface area (Å²) in [5.74, 6) is 0.210. The molecule has 1 N–H and O–H groups in total. The molecule has 0 aliphatic carbocycles. The first-order valence-corrected chi connectivity index (χ1v) is 10.2. The van der Waals surface area contributed by atoms with Gasteiger partial charge in [0.25, 0.3) is 0 Å². The van der Waals surface area contributed by atoms with Crippen molar-refractivity contribution in [3.05, 3.63) is 29.3 Å². The molecular weight excluding hydrogens is 350 g/mol. The van der Waals surface area contributed by atoms with Gasteiger partial charge in [-0.2, -0.15) is 0 Å². The van der Waals surface area contributed by atoms with E-state index in [-0.39, 0.29) is 23.1 Å². The normalized spacial score (nSPS) is 27.2. The van der Waals surface area contributed by atoms with E-state index in [9.17, 15) is 13.2 Å². The van der Waals surface area contributed by atoms with E-state index in [0.29, 0.717) is 43.2 Å². The van der Waals surface area contributed by atoms with Crippen LogP contribution in [0.5, 0.6) is 0 Å². The summed E-state index contributed by atoms with van der Waals surface area (Å²) in [6, 6.07) is 6.73. The Labute approximate surface area is 147 Å². The average Bonchev–Trinajstić information content (AvgIpc) is 2.78.